The molecule has 1 saturated heterocycles. The van der Waals surface area contributed by atoms with Gasteiger partial charge in [-0.25, -0.2) is 0 Å². The van der Waals surface area contributed by atoms with Gasteiger partial charge in [0.05, 0.1) is 11.6 Å². The molecule has 0 aliphatic carbocycles. The van der Waals surface area contributed by atoms with Crippen LogP contribution in [0.3, 0.4) is 0 Å². The van der Waals surface area contributed by atoms with E-state index in [4.69, 9.17) is 5.73 Å². The van der Waals surface area contributed by atoms with Crippen molar-refractivity contribution >= 4 is 44.2 Å². The van der Waals surface area contributed by atoms with E-state index < -0.39 is 11.8 Å². The number of fused-ring (bicyclic) bond motifs is 1. The normalized spacial score (nSPS) is 18.8. The van der Waals surface area contributed by atoms with Crippen LogP contribution >= 0.6 is 15.9 Å². The van der Waals surface area contributed by atoms with Crippen LogP contribution in [0.25, 0.3) is 10.8 Å². The molecule has 3 rings (SSSR count). The van der Waals surface area contributed by atoms with Crippen LogP contribution < -0.4 is 10.6 Å². The number of rotatable bonds is 2. The van der Waals surface area contributed by atoms with E-state index in [1.165, 1.54) is 0 Å². The number of anilines is 1. The second-order valence-electron chi connectivity index (χ2n) is 4.80. The van der Waals surface area contributed by atoms with E-state index in [9.17, 15) is 9.59 Å². The average Bonchev–Trinajstić information content (AvgIpc) is 2.82. The summed E-state index contributed by atoms with van der Waals surface area (Å²) in [6, 6.07) is 5.63. The average molecular weight is 334 g/mol. The van der Waals surface area contributed by atoms with Crippen LogP contribution in [0.5, 0.6) is 0 Å². The number of halogens is 1. The summed E-state index contributed by atoms with van der Waals surface area (Å²) in [5, 5.41) is 1.85. The maximum absolute atomic E-state index is 12.1. The maximum Gasteiger partial charge on any atom is 0.227 e. The van der Waals surface area contributed by atoms with Crippen LogP contribution in [0.2, 0.25) is 0 Å². The first kappa shape index (κ1) is 13.1. The maximum atomic E-state index is 12.1. The van der Waals surface area contributed by atoms with Crippen molar-refractivity contribution in [3.8, 4) is 0 Å². The molecule has 20 heavy (non-hydrogen) atoms. The summed E-state index contributed by atoms with van der Waals surface area (Å²) < 4.78 is 0.941. The van der Waals surface area contributed by atoms with E-state index in [2.05, 4.69) is 20.9 Å². The van der Waals surface area contributed by atoms with E-state index in [-0.39, 0.29) is 12.3 Å². The molecule has 1 aromatic heterocycles. The zero-order chi connectivity index (χ0) is 14.3. The standard InChI is InChI=1S/C14H12BrN3O2/c15-11-1-2-12(10-6-17-4-3-9(10)11)18-7-8(14(16)20)5-13(18)19/h1-4,6,8H,5,7H2,(H2,16,20). The number of hydrogen-bond donors (Lipinski definition) is 1. The van der Waals surface area contributed by atoms with Gasteiger partial charge in [-0.15, -0.1) is 0 Å². The molecule has 1 fully saturated rings. The molecule has 2 heterocycles. The first-order chi connectivity index (χ1) is 9.58. The summed E-state index contributed by atoms with van der Waals surface area (Å²) in [5.41, 5.74) is 6.07. The highest BCUT2D eigenvalue weighted by molar-refractivity contribution is 9.10. The van der Waals surface area contributed by atoms with E-state index in [0.717, 1.165) is 20.9 Å². The lowest BCUT2D eigenvalue weighted by molar-refractivity contribution is -0.123. The Labute approximate surface area is 123 Å². The molecule has 0 radical (unpaired) electrons. The molecule has 2 amide bonds. The van der Waals surface area contributed by atoms with Gasteiger partial charge in [0.1, 0.15) is 0 Å². The van der Waals surface area contributed by atoms with Gasteiger partial charge in [0.25, 0.3) is 0 Å². The van der Waals surface area contributed by atoms with Gasteiger partial charge in [-0.2, -0.15) is 0 Å². The van der Waals surface area contributed by atoms with Crippen LogP contribution in [0.15, 0.2) is 35.1 Å². The summed E-state index contributed by atoms with van der Waals surface area (Å²) in [4.78, 5) is 29.1. The Morgan fingerprint density at radius 2 is 2.15 bits per heavy atom. The van der Waals surface area contributed by atoms with Crippen molar-refractivity contribution in [2.75, 3.05) is 11.4 Å². The first-order valence-electron chi connectivity index (χ1n) is 6.20. The predicted octanol–water partition coefficient (Wildman–Crippen LogP) is 1.84. The molecule has 1 unspecified atom stereocenters. The van der Waals surface area contributed by atoms with Gasteiger partial charge in [-0.1, -0.05) is 15.9 Å². The van der Waals surface area contributed by atoms with Crippen molar-refractivity contribution in [2.45, 2.75) is 6.42 Å². The minimum Gasteiger partial charge on any atom is -0.369 e. The van der Waals surface area contributed by atoms with E-state index >= 15 is 0 Å². The van der Waals surface area contributed by atoms with Crippen LogP contribution in [0.1, 0.15) is 6.42 Å². The highest BCUT2D eigenvalue weighted by Crippen LogP contribution is 2.34. The molecule has 6 heteroatoms. The van der Waals surface area contributed by atoms with Crippen LogP contribution in [-0.2, 0) is 9.59 Å². The fourth-order valence-electron chi connectivity index (χ4n) is 2.50. The molecule has 0 bridgehead atoms. The van der Waals surface area contributed by atoms with Gasteiger partial charge in [0, 0.05) is 40.6 Å². The lowest BCUT2D eigenvalue weighted by Gasteiger charge is -2.19. The second-order valence-corrected chi connectivity index (χ2v) is 5.65. The van der Waals surface area contributed by atoms with Gasteiger partial charge in [0.2, 0.25) is 11.8 Å². The second kappa shape index (κ2) is 4.86. The number of primary amides is 1. The molecule has 102 valence electrons. The Morgan fingerprint density at radius 3 is 2.85 bits per heavy atom. The fourth-order valence-corrected chi connectivity index (χ4v) is 2.98. The molecule has 2 N–H and O–H groups in total. The molecule has 1 aliphatic rings. The van der Waals surface area contributed by atoms with E-state index in [1.54, 1.807) is 17.3 Å². The van der Waals surface area contributed by atoms with Crippen molar-refractivity contribution in [1.82, 2.24) is 4.98 Å². The third-order valence-electron chi connectivity index (χ3n) is 3.56. The van der Waals surface area contributed by atoms with Crippen molar-refractivity contribution in [1.29, 1.82) is 0 Å². The summed E-state index contributed by atoms with van der Waals surface area (Å²) >= 11 is 3.48. The van der Waals surface area contributed by atoms with E-state index in [1.807, 2.05) is 18.2 Å². The van der Waals surface area contributed by atoms with Crippen molar-refractivity contribution in [2.24, 2.45) is 11.7 Å². The Kier molecular flexibility index (Phi) is 3.17. The van der Waals surface area contributed by atoms with Gasteiger partial charge < -0.3 is 10.6 Å². The predicted molar refractivity (Wildman–Crippen MR) is 79.1 cm³/mol. The molecule has 1 aromatic carbocycles. The van der Waals surface area contributed by atoms with E-state index in [0.29, 0.717) is 6.54 Å². The SMILES string of the molecule is NC(=O)C1CC(=O)N(c2ccc(Br)c3ccncc23)C1. The Bertz CT molecular complexity index is 717. The lowest BCUT2D eigenvalue weighted by atomic mass is 10.1. The number of benzene rings is 1. The number of carbonyl (C=O) groups excluding carboxylic acids is 2. The molecule has 1 atom stereocenters. The third kappa shape index (κ3) is 2.06. The Morgan fingerprint density at radius 1 is 1.35 bits per heavy atom. The minimum atomic E-state index is -0.430. The number of hydrogen-bond acceptors (Lipinski definition) is 3. The van der Waals surface area contributed by atoms with Crippen LogP contribution in [0.4, 0.5) is 5.69 Å². The molecule has 2 aromatic rings. The number of amides is 2. The zero-order valence-corrected chi connectivity index (χ0v) is 12.1. The molecular formula is C14H12BrN3O2. The number of pyridine rings is 1. The third-order valence-corrected chi connectivity index (χ3v) is 4.25. The van der Waals surface area contributed by atoms with Crippen molar-refractivity contribution < 1.29 is 9.59 Å². The lowest BCUT2D eigenvalue weighted by Crippen LogP contribution is -2.28. The molecule has 0 spiro atoms. The Hall–Kier alpha value is -1.95. The summed E-state index contributed by atoms with van der Waals surface area (Å²) in [5.74, 6) is -0.931. The van der Waals surface area contributed by atoms with Gasteiger partial charge in [-0.3, -0.25) is 14.6 Å². The number of nitrogens with two attached hydrogens (primary N) is 1. The van der Waals surface area contributed by atoms with Gasteiger partial charge in [0.15, 0.2) is 0 Å². The molecule has 5 nitrogen and oxygen atoms in total. The van der Waals surface area contributed by atoms with Gasteiger partial charge >= 0.3 is 0 Å². The smallest absolute Gasteiger partial charge is 0.227 e. The largest absolute Gasteiger partial charge is 0.369 e. The topological polar surface area (TPSA) is 76.3 Å². The molecule has 0 saturated carbocycles. The highest BCUT2D eigenvalue weighted by atomic mass is 79.9. The van der Waals surface area contributed by atoms with Crippen LogP contribution in [0, 0.1) is 5.92 Å². The summed E-state index contributed by atoms with van der Waals surface area (Å²) in [7, 11) is 0. The Balaban J connectivity index is 2.09. The van der Waals surface area contributed by atoms with Crippen LogP contribution in [-0.4, -0.2) is 23.3 Å². The molecular weight excluding hydrogens is 322 g/mol. The molecule has 1 aliphatic heterocycles. The first-order valence-corrected chi connectivity index (χ1v) is 6.99. The quantitative estimate of drug-likeness (QED) is 0.910. The monoisotopic (exact) mass is 333 g/mol. The number of aromatic nitrogens is 1. The highest BCUT2D eigenvalue weighted by Gasteiger charge is 2.34. The zero-order valence-electron chi connectivity index (χ0n) is 10.5. The summed E-state index contributed by atoms with van der Waals surface area (Å²) in [6.07, 6.45) is 3.60. The number of carbonyl (C=O) groups is 2. The minimum absolute atomic E-state index is 0.0822. The van der Waals surface area contributed by atoms with Crippen molar-refractivity contribution in [3.63, 3.8) is 0 Å². The fraction of sp³-hybridized carbons (Fsp3) is 0.214. The van der Waals surface area contributed by atoms with Crippen molar-refractivity contribution in [3.05, 3.63) is 35.1 Å². The number of nitrogens with zero attached hydrogens (tertiary/aromatic N) is 2. The van der Waals surface area contributed by atoms with Gasteiger partial charge in [-0.05, 0) is 18.2 Å². The summed E-state index contributed by atoms with van der Waals surface area (Å²) in [6.45, 7) is 0.333.